The second-order valence-electron chi connectivity index (χ2n) is 4.34. The Balaban J connectivity index is 2.50. The third-order valence-corrected chi connectivity index (χ3v) is 4.16. The molecule has 1 aromatic carbocycles. The second kappa shape index (κ2) is 5.41. The minimum absolute atomic E-state index is 0.144. The van der Waals surface area contributed by atoms with Crippen LogP contribution in [-0.4, -0.2) is 24.5 Å². The van der Waals surface area contributed by atoms with Crippen LogP contribution in [-0.2, 0) is 10.0 Å². The number of pyridine rings is 1. The number of anilines is 2. The maximum Gasteiger partial charge on any atom is 0.337 e. The minimum atomic E-state index is -4.08. The van der Waals surface area contributed by atoms with Crippen LogP contribution in [0.5, 0.6) is 0 Å². The van der Waals surface area contributed by atoms with Gasteiger partial charge in [-0.2, -0.15) is 0 Å². The van der Waals surface area contributed by atoms with Gasteiger partial charge in [-0.15, -0.1) is 0 Å². The van der Waals surface area contributed by atoms with Gasteiger partial charge in [0, 0.05) is 11.9 Å². The molecule has 0 saturated heterocycles. The fourth-order valence-corrected chi connectivity index (χ4v) is 2.98. The molecule has 7 nitrogen and oxygen atoms in total. The van der Waals surface area contributed by atoms with Crippen molar-refractivity contribution in [1.29, 1.82) is 0 Å². The lowest BCUT2D eigenvalue weighted by Gasteiger charge is -2.11. The Morgan fingerprint density at radius 2 is 2.05 bits per heavy atom. The molecule has 4 N–H and O–H groups in total. The summed E-state index contributed by atoms with van der Waals surface area (Å²) in [6.07, 6.45) is 1.44. The van der Waals surface area contributed by atoms with Crippen molar-refractivity contribution in [2.45, 2.75) is 11.8 Å². The average molecular weight is 307 g/mol. The number of hydrogen-bond acceptors (Lipinski definition) is 5. The molecule has 21 heavy (non-hydrogen) atoms. The summed E-state index contributed by atoms with van der Waals surface area (Å²) in [4.78, 5) is 14.7. The Morgan fingerprint density at radius 3 is 2.67 bits per heavy atom. The quantitative estimate of drug-likeness (QED) is 0.735. The summed E-state index contributed by atoms with van der Waals surface area (Å²) < 4.78 is 26.9. The Labute approximate surface area is 121 Å². The molecule has 0 fully saturated rings. The molecule has 110 valence electrons. The van der Waals surface area contributed by atoms with Crippen molar-refractivity contribution in [2.75, 3.05) is 10.5 Å². The first kappa shape index (κ1) is 14.8. The smallest absolute Gasteiger partial charge is 0.337 e. The fraction of sp³-hybridized carbons (Fsp3) is 0.0769. The summed E-state index contributed by atoms with van der Waals surface area (Å²) in [5.41, 5.74) is 5.89. The van der Waals surface area contributed by atoms with Crippen molar-refractivity contribution >= 4 is 27.5 Å². The fourth-order valence-electron chi connectivity index (χ4n) is 1.72. The van der Waals surface area contributed by atoms with Crippen LogP contribution >= 0.6 is 0 Å². The number of aryl methyl sites for hydroxylation is 1. The van der Waals surface area contributed by atoms with Gasteiger partial charge in [-0.1, -0.05) is 6.07 Å². The number of carboxylic acid groups (broad SMARTS) is 1. The maximum absolute atomic E-state index is 12.3. The van der Waals surface area contributed by atoms with Gasteiger partial charge in [0.15, 0.2) is 0 Å². The van der Waals surface area contributed by atoms with Gasteiger partial charge in [-0.3, -0.25) is 4.72 Å². The van der Waals surface area contributed by atoms with E-state index in [4.69, 9.17) is 10.8 Å². The van der Waals surface area contributed by atoms with E-state index in [1.807, 2.05) is 0 Å². The molecule has 0 aliphatic heterocycles. The third kappa shape index (κ3) is 3.11. The SMILES string of the molecule is Cc1cccnc1NS(=O)(=O)c1ccc(N)cc1C(=O)O. The van der Waals surface area contributed by atoms with Gasteiger partial charge in [0.2, 0.25) is 0 Å². The molecule has 1 heterocycles. The largest absolute Gasteiger partial charge is 0.478 e. The first-order chi connectivity index (χ1) is 9.81. The van der Waals surface area contributed by atoms with Crippen LogP contribution in [0.25, 0.3) is 0 Å². The van der Waals surface area contributed by atoms with Gasteiger partial charge in [0.05, 0.1) is 5.56 Å². The lowest BCUT2D eigenvalue weighted by Crippen LogP contribution is -2.18. The molecule has 0 bridgehead atoms. The number of benzene rings is 1. The van der Waals surface area contributed by atoms with Crippen LogP contribution in [0.3, 0.4) is 0 Å². The number of nitrogens with zero attached hydrogens (tertiary/aromatic N) is 1. The van der Waals surface area contributed by atoms with Crippen molar-refractivity contribution in [3.05, 3.63) is 47.7 Å². The van der Waals surface area contributed by atoms with Gasteiger partial charge in [-0.25, -0.2) is 18.2 Å². The number of hydrogen-bond donors (Lipinski definition) is 3. The number of nitrogens with one attached hydrogen (secondary N) is 1. The molecule has 0 unspecified atom stereocenters. The summed E-state index contributed by atoms with van der Waals surface area (Å²) in [7, 11) is -4.08. The molecule has 0 spiro atoms. The highest BCUT2D eigenvalue weighted by Crippen LogP contribution is 2.22. The van der Waals surface area contributed by atoms with E-state index in [0.29, 0.717) is 5.56 Å². The van der Waals surface area contributed by atoms with Gasteiger partial charge in [0.1, 0.15) is 10.7 Å². The van der Waals surface area contributed by atoms with Crippen molar-refractivity contribution in [3.63, 3.8) is 0 Å². The number of aromatic carboxylic acids is 1. The van der Waals surface area contributed by atoms with Crippen LogP contribution in [0.4, 0.5) is 11.5 Å². The number of aromatic nitrogens is 1. The zero-order valence-corrected chi connectivity index (χ0v) is 11.9. The lowest BCUT2D eigenvalue weighted by atomic mass is 10.2. The van der Waals surface area contributed by atoms with Crippen molar-refractivity contribution in [2.24, 2.45) is 0 Å². The van der Waals surface area contributed by atoms with Crippen molar-refractivity contribution in [1.82, 2.24) is 4.98 Å². The number of carbonyl (C=O) groups is 1. The topological polar surface area (TPSA) is 122 Å². The highest BCUT2D eigenvalue weighted by Gasteiger charge is 2.23. The number of rotatable bonds is 4. The summed E-state index contributed by atoms with van der Waals surface area (Å²) >= 11 is 0. The van der Waals surface area contributed by atoms with Gasteiger partial charge in [-0.05, 0) is 36.8 Å². The molecular weight excluding hydrogens is 294 g/mol. The average Bonchev–Trinajstić information content (AvgIpc) is 2.40. The first-order valence-corrected chi connectivity index (χ1v) is 7.37. The second-order valence-corrected chi connectivity index (χ2v) is 5.99. The Kier molecular flexibility index (Phi) is 3.81. The van der Waals surface area contributed by atoms with Crippen LogP contribution in [0.1, 0.15) is 15.9 Å². The summed E-state index contributed by atoms with van der Waals surface area (Å²) in [6.45, 7) is 1.69. The monoisotopic (exact) mass is 307 g/mol. The number of nitrogen functional groups attached to an aromatic ring is 1. The van der Waals surface area contributed by atoms with Gasteiger partial charge < -0.3 is 10.8 Å². The summed E-state index contributed by atoms with van der Waals surface area (Å²) in [5.74, 6) is -1.23. The molecule has 0 aliphatic rings. The summed E-state index contributed by atoms with van der Waals surface area (Å²) in [5, 5.41) is 9.11. The zero-order chi connectivity index (χ0) is 15.6. The molecule has 0 saturated carbocycles. The van der Waals surface area contributed by atoms with E-state index in [9.17, 15) is 13.2 Å². The van der Waals surface area contributed by atoms with Crippen LogP contribution in [0.2, 0.25) is 0 Å². The Hall–Kier alpha value is -2.61. The number of nitrogens with two attached hydrogens (primary N) is 1. The molecule has 0 radical (unpaired) electrons. The predicted molar refractivity (Wildman–Crippen MR) is 77.6 cm³/mol. The molecular formula is C13H13N3O4S. The standard InChI is InChI=1S/C13H13N3O4S/c1-8-3-2-6-15-12(8)16-21(19,20)11-5-4-9(14)7-10(11)13(17)18/h2-7H,14H2,1H3,(H,15,16)(H,17,18). The van der Waals surface area contributed by atoms with E-state index < -0.39 is 21.6 Å². The maximum atomic E-state index is 12.3. The predicted octanol–water partition coefficient (Wildman–Crippen LogP) is 1.47. The Morgan fingerprint density at radius 1 is 1.33 bits per heavy atom. The molecule has 8 heteroatoms. The van der Waals surface area contributed by atoms with Crippen molar-refractivity contribution in [3.8, 4) is 0 Å². The summed E-state index contributed by atoms with van der Waals surface area (Å²) in [6, 6.07) is 6.93. The van der Waals surface area contributed by atoms with Crippen LogP contribution < -0.4 is 10.5 Å². The van der Waals surface area contributed by atoms with E-state index in [1.165, 1.54) is 12.3 Å². The minimum Gasteiger partial charge on any atom is -0.478 e. The first-order valence-electron chi connectivity index (χ1n) is 5.88. The zero-order valence-electron chi connectivity index (χ0n) is 11.1. The molecule has 0 atom stereocenters. The molecule has 0 amide bonds. The van der Waals surface area contributed by atoms with Gasteiger partial charge >= 0.3 is 5.97 Å². The lowest BCUT2D eigenvalue weighted by molar-refractivity contribution is 0.0692. The van der Waals surface area contributed by atoms with Crippen LogP contribution in [0.15, 0.2) is 41.4 Å². The molecule has 1 aromatic heterocycles. The van der Waals surface area contributed by atoms with Gasteiger partial charge in [0.25, 0.3) is 10.0 Å². The van der Waals surface area contributed by atoms with E-state index >= 15 is 0 Å². The number of carboxylic acids is 1. The highest BCUT2D eigenvalue weighted by atomic mass is 32.2. The third-order valence-electron chi connectivity index (χ3n) is 2.76. The number of sulfonamides is 1. The molecule has 0 aliphatic carbocycles. The van der Waals surface area contributed by atoms with Crippen LogP contribution in [0, 0.1) is 6.92 Å². The van der Waals surface area contributed by atoms with E-state index in [-0.39, 0.29) is 16.4 Å². The molecule has 2 rings (SSSR count). The highest BCUT2D eigenvalue weighted by molar-refractivity contribution is 7.92. The Bertz CT molecular complexity index is 803. The van der Waals surface area contributed by atoms with Crippen molar-refractivity contribution < 1.29 is 18.3 Å². The van der Waals surface area contributed by atoms with E-state index in [1.54, 1.807) is 19.1 Å². The molecule has 2 aromatic rings. The normalized spacial score (nSPS) is 11.1. The van der Waals surface area contributed by atoms with E-state index in [2.05, 4.69) is 9.71 Å². The van der Waals surface area contributed by atoms with E-state index in [0.717, 1.165) is 12.1 Å².